The Morgan fingerprint density at radius 3 is 2.48 bits per heavy atom. The van der Waals surface area contributed by atoms with Gasteiger partial charge < -0.3 is 4.57 Å². The number of halogens is 1. The normalized spacial score (nSPS) is 12.6. The van der Waals surface area contributed by atoms with Gasteiger partial charge in [0.2, 0.25) is 0 Å². The smallest absolute Gasteiger partial charge is 0.263 e. The largest absolute Gasteiger partial charge is 0.316 e. The Morgan fingerprint density at radius 1 is 1.17 bits per heavy atom. The van der Waals surface area contributed by atoms with E-state index < -0.39 is 27.3 Å². The number of rotatable bonds is 6. The third-order valence-electron chi connectivity index (χ3n) is 4.52. The third-order valence-corrected chi connectivity index (χ3v) is 7.77. The van der Waals surface area contributed by atoms with Gasteiger partial charge in [0.1, 0.15) is 11.6 Å². The summed E-state index contributed by atoms with van der Waals surface area (Å²) in [6, 6.07) is 8.55. The Hall–Kier alpha value is -1.97. The number of fused-ring (bicyclic) bond motifs is 1. The molecule has 1 heterocycles. The summed E-state index contributed by atoms with van der Waals surface area (Å²) in [6.45, 7) is 4.72. The molecule has 0 bridgehead atoms. The van der Waals surface area contributed by atoms with Crippen molar-refractivity contribution < 1.29 is 17.6 Å². The van der Waals surface area contributed by atoms with Crippen LogP contribution in [-0.4, -0.2) is 36.7 Å². The minimum atomic E-state index is -3.89. The molecular weight excluding hydrogens is 431 g/mol. The molecular formula is C20H21FN2O3S3. The maximum absolute atomic E-state index is 13.0. The molecule has 2 aromatic carbocycles. The fourth-order valence-electron chi connectivity index (χ4n) is 2.83. The number of thioether (sulfide) groups is 1. The van der Waals surface area contributed by atoms with Crippen LogP contribution in [-0.2, 0) is 21.2 Å². The van der Waals surface area contributed by atoms with E-state index in [0.29, 0.717) is 11.3 Å². The summed E-state index contributed by atoms with van der Waals surface area (Å²) < 4.78 is 40.9. The van der Waals surface area contributed by atoms with E-state index in [4.69, 9.17) is 0 Å². The van der Waals surface area contributed by atoms with Crippen LogP contribution < -0.4 is 4.80 Å². The minimum absolute atomic E-state index is 0.0969. The van der Waals surface area contributed by atoms with Crippen LogP contribution >= 0.6 is 23.1 Å². The van der Waals surface area contributed by atoms with Crippen molar-refractivity contribution in [1.29, 1.82) is 0 Å². The molecule has 1 aromatic heterocycles. The molecule has 0 N–H and O–H groups in total. The predicted molar refractivity (Wildman–Crippen MR) is 117 cm³/mol. The average molecular weight is 453 g/mol. The molecule has 0 aliphatic rings. The molecule has 1 amide bonds. The third kappa shape index (κ3) is 4.96. The van der Waals surface area contributed by atoms with Gasteiger partial charge in [0, 0.05) is 12.3 Å². The van der Waals surface area contributed by atoms with Gasteiger partial charge in [-0.05, 0) is 67.6 Å². The van der Waals surface area contributed by atoms with Crippen molar-refractivity contribution in [3.8, 4) is 0 Å². The van der Waals surface area contributed by atoms with E-state index in [9.17, 15) is 17.6 Å². The molecule has 0 aliphatic heterocycles. The number of thiazole rings is 1. The number of carbonyl (C=O) groups is 1. The van der Waals surface area contributed by atoms with Gasteiger partial charge in [-0.3, -0.25) is 4.79 Å². The van der Waals surface area contributed by atoms with Crippen LogP contribution in [0.1, 0.15) is 11.1 Å². The van der Waals surface area contributed by atoms with Gasteiger partial charge in [-0.15, -0.1) is 0 Å². The van der Waals surface area contributed by atoms with E-state index in [-0.39, 0.29) is 4.90 Å². The standard InChI is InChI=1S/C20H21FN2O3S3/c1-13-10-17-18(11-14(13)2)28-20(23(17)8-9-27-3)22-19(24)12-29(25,26)16-6-4-15(21)5-7-16/h4-7,10-11H,8-9,12H2,1-3H3. The Morgan fingerprint density at radius 2 is 1.83 bits per heavy atom. The predicted octanol–water partition coefficient (Wildman–Crippen LogP) is 3.72. The first-order valence-electron chi connectivity index (χ1n) is 8.86. The number of sulfone groups is 1. The molecule has 0 spiro atoms. The highest BCUT2D eigenvalue weighted by Crippen LogP contribution is 2.22. The van der Waals surface area contributed by atoms with Gasteiger partial charge in [0.05, 0.1) is 15.1 Å². The molecule has 0 radical (unpaired) electrons. The van der Waals surface area contributed by atoms with Crippen LogP contribution in [0.4, 0.5) is 4.39 Å². The zero-order chi connectivity index (χ0) is 21.2. The molecule has 0 unspecified atom stereocenters. The van der Waals surface area contributed by atoms with E-state index in [1.165, 1.54) is 11.3 Å². The molecule has 0 aliphatic carbocycles. The summed E-state index contributed by atoms with van der Waals surface area (Å²) in [7, 11) is -3.89. The highest BCUT2D eigenvalue weighted by Gasteiger charge is 2.20. The number of aryl methyl sites for hydroxylation is 3. The Balaban J connectivity index is 2.00. The second-order valence-electron chi connectivity index (χ2n) is 6.65. The fraction of sp³-hybridized carbons (Fsp3) is 0.300. The molecule has 0 saturated carbocycles. The lowest BCUT2D eigenvalue weighted by Gasteiger charge is -2.06. The molecule has 0 saturated heterocycles. The maximum Gasteiger partial charge on any atom is 0.263 e. The average Bonchev–Trinajstić information content (AvgIpc) is 2.96. The van der Waals surface area contributed by atoms with Crippen LogP contribution in [0.25, 0.3) is 10.2 Å². The summed E-state index contributed by atoms with van der Waals surface area (Å²) in [5, 5.41) is 0. The lowest BCUT2D eigenvalue weighted by Crippen LogP contribution is -2.21. The lowest BCUT2D eigenvalue weighted by molar-refractivity contribution is -0.115. The number of benzene rings is 2. The van der Waals surface area contributed by atoms with E-state index >= 15 is 0 Å². The van der Waals surface area contributed by atoms with Crippen molar-refractivity contribution in [2.24, 2.45) is 4.99 Å². The van der Waals surface area contributed by atoms with Gasteiger partial charge in [0.25, 0.3) is 5.91 Å². The second-order valence-corrected chi connectivity index (χ2v) is 10.6. The van der Waals surface area contributed by atoms with Crippen molar-refractivity contribution in [2.45, 2.75) is 25.3 Å². The van der Waals surface area contributed by atoms with Crippen LogP contribution in [0.2, 0.25) is 0 Å². The van der Waals surface area contributed by atoms with Crippen molar-refractivity contribution >= 4 is 49.1 Å². The van der Waals surface area contributed by atoms with E-state index in [1.807, 2.05) is 24.7 Å². The van der Waals surface area contributed by atoms with E-state index in [1.54, 1.807) is 11.8 Å². The van der Waals surface area contributed by atoms with Crippen LogP contribution in [0.3, 0.4) is 0 Å². The summed E-state index contributed by atoms with van der Waals surface area (Å²) in [5.41, 5.74) is 3.28. The Labute approximate surface area is 177 Å². The minimum Gasteiger partial charge on any atom is -0.316 e. The van der Waals surface area contributed by atoms with Gasteiger partial charge in [-0.1, -0.05) is 11.3 Å². The first kappa shape index (κ1) is 21.7. The van der Waals surface area contributed by atoms with Gasteiger partial charge in [-0.25, -0.2) is 12.8 Å². The Bertz CT molecular complexity index is 1230. The van der Waals surface area contributed by atoms with Crippen molar-refractivity contribution in [1.82, 2.24) is 4.57 Å². The number of aromatic nitrogens is 1. The molecule has 154 valence electrons. The molecule has 3 aromatic rings. The van der Waals surface area contributed by atoms with Crippen LogP contribution in [0, 0.1) is 19.7 Å². The number of carbonyl (C=O) groups excluding carboxylic acids is 1. The van der Waals surface area contributed by atoms with Gasteiger partial charge >= 0.3 is 0 Å². The maximum atomic E-state index is 13.0. The second kappa shape index (κ2) is 8.81. The van der Waals surface area contributed by atoms with Crippen molar-refractivity contribution in [3.05, 3.63) is 58.1 Å². The molecule has 3 rings (SSSR count). The number of amides is 1. The summed E-state index contributed by atoms with van der Waals surface area (Å²) in [6.07, 6.45) is 2.00. The van der Waals surface area contributed by atoms with E-state index in [2.05, 4.69) is 17.1 Å². The van der Waals surface area contributed by atoms with Crippen molar-refractivity contribution in [3.63, 3.8) is 0 Å². The fourth-order valence-corrected chi connectivity index (χ4v) is 5.46. The van der Waals surface area contributed by atoms with Crippen molar-refractivity contribution in [2.75, 3.05) is 17.8 Å². The van der Waals surface area contributed by atoms with Crippen LogP contribution in [0.5, 0.6) is 0 Å². The zero-order valence-electron chi connectivity index (χ0n) is 16.3. The summed E-state index contributed by atoms with van der Waals surface area (Å²) >= 11 is 3.05. The quantitative estimate of drug-likeness (QED) is 0.535. The molecule has 5 nitrogen and oxygen atoms in total. The highest BCUT2D eigenvalue weighted by atomic mass is 32.2. The SMILES string of the molecule is CSCCn1c(=NC(=O)CS(=O)(=O)c2ccc(F)cc2)sc2cc(C)c(C)cc21. The molecule has 0 atom stereocenters. The highest BCUT2D eigenvalue weighted by molar-refractivity contribution is 7.98. The topological polar surface area (TPSA) is 68.5 Å². The first-order valence-corrected chi connectivity index (χ1v) is 12.7. The molecule has 9 heteroatoms. The number of hydrogen-bond acceptors (Lipinski definition) is 5. The van der Waals surface area contributed by atoms with Gasteiger partial charge in [0.15, 0.2) is 14.6 Å². The lowest BCUT2D eigenvalue weighted by atomic mass is 10.1. The van der Waals surface area contributed by atoms with E-state index in [0.717, 1.165) is 51.4 Å². The number of hydrogen-bond donors (Lipinski definition) is 0. The summed E-state index contributed by atoms with van der Waals surface area (Å²) in [4.78, 5) is 17.0. The zero-order valence-corrected chi connectivity index (χ0v) is 18.8. The molecule has 29 heavy (non-hydrogen) atoms. The number of nitrogens with zero attached hydrogens (tertiary/aromatic N) is 2. The monoisotopic (exact) mass is 452 g/mol. The van der Waals surface area contributed by atoms with Gasteiger partial charge in [-0.2, -0.15) is 16.8 Å². The first-order chi connectivity index (χ1) is 13.7. The Kier molecular flexibility index (Phi) is 6.60. The van der Waals surface area contributed by atoms with Crippen LogP contribution in [0.15, 0.2) is 46.3 Å². The summed E-state index contributed by atoms with van der Waals surface area (Å²) in [5.74, 6) is -1.19. The molecule has 0 fully saturated rings.